The Morgan fingerprint density at radius 3 is 1.24 bits per heavy atom. The van der Waals surface area contributed by atoms with Crippen LogP contribution in [0, 0.1) is 39.8 Å². The Morgan fingerprint density at radius 2 is 0.973 bits per heavy atom. The molecule has 3 rings (SSSR count). The van der Waals surface area contributed by atoms with Crippen LogP contribution in [-0.2, 0) is 117 Å². The van der Waals surface area contributed by atoms with Crippen LogP contribution < -0.4 is 0 Å². The maximum Gasteiger partial charge on any atom is 0 e. The van der Waals surface area contributed by atoms with Crippen molar-refractivity contribution >= 4 is 0 Å². The Bertz CT molecular complexity index is 699. The van der Waals surface area contributed by atoms with E-state index in [1.165, 1.54) is 16.7 Å². The van der Waals surface area contributed by atoms with Gasteiger partial charge in [-0.15, -0.1) is 12.1 Å². The third-order valence-electron chi connectivity index (χ3n) is 3.65. The molecule has 0 saturated heterocycles. The Morgan fingerprint density at radius 1 is 0.568 bits per heavy atom. The van der Waals surface area contributed by atoms with Crippen LogP contribution >= 0.6 is 0 Å². The van der Waals surface area contributed by atoms with E-state index < -0.39 is 0 Å². The number of rotatable bonds is 4. The first-order valence-corrected chi connectivity index (χ1v) is 11.9. The van der Waals surface area contributed by atoms with Gasteiger partial charge in [0.2, 0.25) is 0 Å². The molecule has 0 saturated carbocycles. The Labute approximate surface area is 311 Å². The summed E-state index contributed by atoms with van der Waals surface area (Å²) in [6, 6.07) is 30.1. The molecule has 3 aromatic carbocycles. The van der Waals surface area contributed by atoms with Crippen molar-refractivity contribution in [3.8, 4) is 0 Å². The smallest absolute Gasteiger partial charge is 0 e. The molecule has 37 heavy (non-hydrogen) atoms. The predicted molar refractivity (Wildman–Crippen MR) is 161 cm³/mol. The summed E-state index contributed by atoms with van der Waals surface area (Å²) in [5.41, 5.74) is 4.75. The van der Waals surface area contributed by atoms with Gasteiger partial charge in [-0.3, -0.25) is 0 Å². The van der Waals surface area contributed by atoms with Crippen LogP contribution in [0.4, 0.5) is 0 Å². The first kappa shape index (κ1) is 57.7. The van der Waals surface area contributed by atoms with Crippen LogP contribution in [0.1, 0.15) is 85.1 Å². The standard InChI is InChI=1S/2C9H10.C8H8.3C2H6.2CH4.3Y/c1-3-9-7-5-4-6-8(9)2;1-2-6-9-7-4-3-5-8-9;1-2-8-6-4-3-5-7-8;3*1-2;;;;;/h4-7H,1-3H2;3-5,7H,1-2,6H2;3-6H,1-2H2;3*1-2H3;2*1H4;;;/q3*-2;;;;;;;;. The fraction of sp³-hybridized carbons (Fsp3) is 0.353. The van der Waals surface area contributed by atoms with E-state index in [1.807, 2.05) is 102 Å². The van der Waals surface area contributed by atoms with Gasteiger partial charge in [-0.2, -0.15) is 109 Å². The first-order chi connectivity index (χ1) is 15.7. The van der Waals surface area contributed by atoms with Gasteiger partial charge in [-0.1, -0.05) is 68.9 Å². The van der Waals surface area contributed by atoms with Gasteiger partial charge >= 0.3 is 0 Å². The Hall–Kier alpha value is 0.842. The van der Waals surface area contributed by atoms with E-state index in [4.69, 9.17) is 0 Å². The van der Waals surface area contributed by atoms with E-state index in [1.54, 1.807) is 0 Å². The van der Waals surface area contributed by atoms with Crippen molar-refractivity contribution in [3.63, 3.8) is 0 Å². The van der Waals surface area contributed by atoms with Gasteiger partial charge in [0, 0.05) is 98.1 Å². The third kappa shape index (κ3) is 36.8. The molecule has 0 amide bonds. The predicted octanol–water partition coefficient (Wildman–Crippen LogP) is 10.7. The second-order valence-electron chi connectivity index (χ2n) is 5.65. The quantitative estimate of drug-likeness (QED) is 0.235. The van der Waals surface area contributed by atoms with Crippen LogP contribution in [-0.4, -0.2) is 0 Å². The van der Waals surface area contributed by atoms with Crippen molar-refractivity contribution in [2.24, 2.45) is 0 Å². The molecular formula is C34H54Y3-6. The van der Waals surface area contributed by atoms with Crippen LogP contribution in [0.15, 0.2) is 72.8 Å². The molecule has 0 unspecified atom stereocenters. The normalized spacial score (nSPS) is 7.05. The van der Waals surface area contributed by atoms with Crippen LogP contribution in [0.3, 0.4) is 0 Å². The van der Waals surface area contributed by atoms with Gasteiger partial charge < -0.3 is 20.8 Å². The molecule has 0 aliphatic rings. The summed E-state index contributed by atoms with van der Waals surface area (Å²) in [5.74, 6) is 0. The van der Waals surface area contributed by atoms with E-state index >= 15 is 0 Å². The van der Waals surface area contributed by atoms with Crippen LogP contribution in [0.5, 0.6) is 0 Å². The molecule has 0 atom stereocenters. The average molecular weight is 730 g/mol. The zero-order valence-electron chi connectivity index (χ0n) is 23.3. The zero-order chi connectivity index (χ0) is 25.0. The molecule has 0 aromatic heterocycles. The molecule has 0 N–H and O–H groups in total. The molecule has 3 aromatic rings. The number of aryl methyl sites for hydroxylation is 1. The molecule has 0 aliphatic carbocycles. The molecule has 0 spiro atoms. The molecule has 3 radical (unpaired) electrons. The molecule has 205 valence electrons. The van der Waals surface area contributed by atoms with Crippen molar-refractivity contribution in [2.45, 2.75) is 82.1 Å². The second kappa shape index (κ2) is 49.8. The summed E-state index contributed by atoms with van der Waals surface area (Å²) in [4.78, 5) is 0. The van der Waals surface area contributed by atoms with Crippen LogP contribution in [0.25, 0.3) is 0 Å². The first-order valence-electron chi connectivity index (χ1n) is 11.9. The number of hydrogen-bond donors (Lipinski definition) is 0. The average Bonchev–Trinajstić information content (AvgIpc) is 2.90. The number of benzene rings is 3. The fourth-order valence-corrected chi connectivity index (χ4v) is 2.16. The molecule has 0 fully saturated rings. The van der Waals surface area contributed by atoms with Crippen molar-refractivity contribution in [3.05, 3.63) is 135 Å². The van der Waals surface area contributed by atoms with Gasteiger partial charge in [0.05, 0.1) is 0 Å². The van der Waals surface area contributed by atoms with E-state index in [-0.39, 0.29) is 113 Å². The van der Waals surface area contributed by atoms with Gasteiger partial charge in [-0.25, -0.2) is 6.42 Å². The van der Waals surface area contributed by atoms with Gasteiger partial charge in [-0.05, 0) is 0 Å². The monoisotopic (exact) mass is 729 g/mol. The summed E-state index contributed by atoms with van der Waals surface area (Å²) in [6.45, 7) is 27.1. The van der Waals surface area contributed by atoms with Crippen LogP contribution in [0.2, 0.25) is 0 Å². The van der Waals surface area contributed by atoms with Gasteiger partial charge in [0.25, 0.3) is 0 Å². The Balaban J connectivity index is -0.0000000485. The fourth-order valence-electron chi connectivity index (χ4n) is 2.16. The van der Waals surface area contributed by atoms with E-state index in [2.05, 4.69) is 52.0 Å². The number of hydrogen-bond acceptors (Lipinski definition) is 0. The minimum absolute atomic E-state index is 0. The van der Waals surface area contributed by atoms with E-state index in [9.17, 15) is 0 Å². The van der Waals surface area contributed by atoms with Crippen molar-refractivity contribution in [1.29, 1.82) is 0 Å². The summed E-state index contributed by atoms with van der Waals surface area (Å²) < 4.78 is 0. The molecule has 0 aliphatic heterocycles. The molecule has 0 nitrogen and oxygen atoms in total. The molecular weight excluding hydrogens is 675 g/mol. The summed E-state index contributed by atoms with van der Waals surface area (Å²) >= 11 is 0. The largest absolute Gasteiger partial charge is 0.350 e. The zero-order valence-corrected chi connectivity index (χ0v) is 31.8. The maximum absolute atomic E-state index is 3.85. The van der Waals surface area contributed by atoms with Crippen molar-refractivity contribution < 1.29 is 98.1 Å². The van der Waals surface area contributed by atoms with E-state index in [0.29, 0.717) is 0 Å². The summed E-state index contributed by atoms with van der Waals surface area (Å²) in [6.07, 6.45) is 3.67. The molecule has 0 heterocycles. The topological polar surface area (TPSA) is 0 Å². The summed E-state index contributed by atoms with van der Waals surface area (Å²) in [5, 5.41) is 0. The Kier molecular flexibility index (Phi) is 77.6. The van der Waals surface area contributed by atoms with Gasteiger partial charge in [0.15, 0.2) is 0 Å². The third-order valence-corrected chi connectivity index (χ3v) is 3.65. The second-order valence-corrected chi connectivity index (χ2v) is 5.65. The minimum Gasteiger partial charge on any atom is -0.350 e. The van der Waals surface area contributed by atoms with Crippen molar-refractivity contribution in [1.82, 2.24) is 0 Å². The SMILES string of the molecule is C.C.CC.CC.CC.[CH2-]CCc1[c-]cccc1.[CH2-]Cc1[c-]cccc1.[CH2-]Cc1ccccc1[CH2-].[Y].[Y].[Y]. The maximum atomic E-state index is 3.85. The molecule has 0 bridgehead atoms. The minimum atomic E-state index is 0. The summed E-state index contributed by atoms with van der Waals surface area (Å²) in [7, 11) is 0. The van der Waals surface area contributed by atoms with E-state index in [0.717, 1.165) is 31.2 Å². The van der Waals surface area contributed by atoms with Crippen molar-refractivity contribution in [2.75, 3.05) is 0 Å². The molecule has 3 heteroatoms. The van der Waals surface area contributed by atoms with Gasteiger partial charge in [0.1, 0.15) is 0 Å².